The number of benzene rings is 1. The highest BCUT2D eigenvalue weighted by molar-refractivity contribution is 5.16. The third kappa shape index (κ3) is 3.21. The fourth-order valence-corrected chi connectivity index (χ4v) is 3.87. The molecule has 3 heteroatoms. The van der Waals surface area contributed by atoms with Crippen molar-refractivity contribution in [2.45, 2.75) is 63.7 Å². The summed E-state index contributed by atoms with van der Waals surface area (Å²) in [5.74, 6) is -0.121. The van der Waals surface area contributed by atoms with Gasteiger partial charge < -0.3 is 5.32 Å². The molecule has 2 heterocycles. The van der Waals surface area contributed by atoms with Crippen LogP contribution in [-0.2, 0) is 6.54 Å². The van der Waals surface area contributed by atoms with E-state index in [0.717, 1.165) is 25.1 Å². The van der Waals surface area contributed by atoms with Crippen molar-refractivity contribution in [1.82, 2.24) is 10.2 Å². The number of hydrogen-bond acceptors (Lipinski definition) is 2. The van der Waals surface area contributed by atoms with Gasteiger partial charge in [-0.1, -0.05) is 19.1 Å². The molecule has 2 aliphatic rings. The van der Waals surface area contributed by atoms with Gasteiger partial charge in [-0.25, -0.2) is 4.39 Å². The van der Waals surface area contributed by atoms with Crippen LogP contribution in [0.4, 0.5) is 4.39 Å². The first kappa shape index (κ1) is 14.0. The van der Waals surface area contributed by atoms with Gasteiger partial charge >= 0.3 is 0 Å². The van der Waals surface area contributed by atoms with Gasteiger partial charge in [-0.2, -0.15) is 0 Å². The largest absolute Gasteiger partial charge is 0.311 e. The molecule has 20 heavy (non-hydrogen) atoms. The predicted molar refractivity (Wildman–Crippen MR) is 80.1 cm³/mol. The van der Waals surface area contributed by atoms with E-state index in [2.05, 4.69) is 17.1 Å². The van der Waals surface area contributed by atoms with Crippen molar-refractivity contribution < 1.29 is 4.39 Å². The lowest BCUT2D eigenvalue weighted by molar-refractivity contribution is 0.134. The first-order valence-electron chi connectivity index (χ1n) is 7.99. The molecule has 1 aromatic carbocycles. The maximum atomic E-state index is 13.4. The lowest BCUT2D eigenvalue weighted by Crippen LogP contribution is -2.48. The van der Waals surface area contributed by atoms with E-state index in [1.54, 1.807) is 6.07 Å². The van der Waals surface area contributed by atoms with Crippen LogP contribution in [0, 0.1) is 5.82 Å². The molecule has 2 aliphatic heterocycles. The van der Waals surface area contributed by atoms with Crippen LogP contribution in [0.2, 0.25) is 0 Å². The van der Waals surface area contributed by atoms with Gasteiger partial charge in [0.05, 0.1) is 0 Å². The SMILES string of the molecule is CCCN(Cc1cccc(F)c1)C1CC2CCC(C1)N2. The van der Waals surface area contributed by atoms with E-state index < -0.39 is 0 Å². The summed E-state index contributed by atoms with van der Waals surface area (Å²) in [5.41, 5.74) is 1.10. The molecule has 0 amide bonds. The number of fused-ring (bicyclic) bond motifs is 2. The third-order valence-electron chi connectivity index (χ3n) is 4.75. The van der Waals surface area contributed by atoms with Crippen LogP contribution in [-0.4, -0.2) is 29.6 Å². The Hall–Kier alpha value is -0.930. The van der Waals surface area contributed by atoms with Gasteiger partial charge in [0.15, 0.2) is 0 Å². The molecule has 2 fully saturated rings. The minimum absolute atomic E-state index is 0.121. The fraction of sp³-hybridized carbons (Fsp3) is 0.647. The number of piperidine rings is 1. The van der Waals surface area contributed by atoms with Crippen molar-refractivity contribution in [2.75, 3.05) is 6.54 Å². The number of nitrogens with one attached hydrogen (secondary N) is 1. The summed E-state index contributed by atoms with van der Waals surface area (Å²) in [6.07, 6.45) is 6.34. The summed E-state index contributed by atoms with van der Waals surface area (Å²) < 4.78 is 13.4. The highest BCUT2D eigenvalue weighted by atomic mass is 19.1. The fourth-order valence-electron chi connectivity index (χ4n) is 3.87. The molecule has 0 aromatic heterocycles. The third-order valence-corrected chi connectivity index (χ3v) is 4.75. The van der Waals surface area contributed by atoms with Crippen molar-refractivity contribution >= 4 is 0 Å². The Morgan fingerprint density at radius 2 is 2.00 bits per heavy atom. The Morgan fingerprint density at radius 3 is 2.65 bits per heavy atom. The molecule has 0 aliphatic carbocycles. The number of halogens is 1. The van der Waals surface area contributed by atoms with Crippen molar-refractivity contribution in [3.05, 3.63) is 35.6 Å². The molecule has 2 saturated heterocycles. The molecule has 0 radical (unpaired) electrons. The van der Waals surface area contributed by atoms with Crippen LogP contribution in [0.1, 0.15) is 44.6 Å². The molecule has 1 aromatic rings. The Bertz CT molecular complexity index is 436. The highest BCUT2D eigenvalue weighted by Crippen LogP contribution is 2.30. The van der Waals surface area contributed by atoms with Crippen LogP contribution < -0.4 is 5.32 Å². The van der Waals surface area contributed by atoms with E-state index in [1.165, 1.54) is 31.7 Å². The van der Waals surface area contributed by atoms with Gasteiger partial charge in [-0.15, -0.1) is 0 Å². The quantitative estimate of drug-likeness (QED) is 0.887. The lowest BCUT2D eigenvalue weighted by atomic mass is 9.97. The average Bonchev–Trinajstić information content (AvgIpc) is 2.77. The second kappa shape index (κ2) is 6.23. The Kier molecular flexibility index (Phi) is 4.37. The Morgan fingerprint density at radius 1 is 1.25 bits per heavy atom. The van der Waals surface area contributed by atoms with Crippen LogP contribution in [0.15, 0.2) is 24.3 Å². The normalized spacial score (nSPS) is 29.1. The zero-order chi connectivity index (χ0) is 13.9. The summed E-state index contributed by atoms with van der Waals surface area (Å²) in [4.78, 5) is 2.57. The topological polar surface area (TPSA) is 15.3 Å². The second-order valence-electron chi connectivity index (χ2n) is 6.36. The number of rotatable bonds is 5. The molecule has 0 spiro atoms. The number of nitrogens with zero attached hydrogens (tertiary/aromatic N) is 1. The van der Waals surface area contributed by atoms with Gasteiger partial charge in [0.2, 0.25) is 0 Å². The van der Waals surface area contributed by atoms with E-state index in [4.69, 9.17) is 0 Å². The summed E-state index contributed by atoms with van der Waals surface area (Å²) in [6.45, 7) is 4.23. The molecule has 2 atom stereocenters. The van der Waals surface area contributed by atoms with Crippen molar-refractivity contribution in [1.29, 1.82) is 0 Å². The van der Waals surface area contributed by atoms with Crippen LogP contribution in [0.5, 0.6) is 0 Å². The zero-order valence-electron chi connectivity index (χ0n) is 12.3. The van der Waals surface area contributed by atoms with Gasteiger partial charge in [-0.05, 0) is 56.3 Å². The van der Waals surface area contributed by atoms with Crippen LogP contribution in [0.3, 0.4) is 0 Å². The number of hydrogen-bond donors (Lipinski definition) is 1. The Balaban J connectivity index is 1.69. The molecule has 2 nitrogen and oxygen atoms in total. The van der Waals surface area contributed by atoms with Gasteiger partial charge in [0.1, 0.15) is 5.82 Å². The zero-order valence-corrected chi connectivity index (χ0v) is 12.3. The molecular formula is C17H25FN2. The molecular weight excluding hydrogens is 251 g/mol. The van der Waals surface area contributed by atoms with E-state index in [1.807, 2.05) is 12.1 Å². The molecule has 0 saturated carbocycles. The second-order valence-corrected chi connectivity index (χ2v) is 6.36. The summed E-state index contributed by atoms with van der Waals surface area (Å²) in [6, 6.07) is 9.16. The monoisotopic (exact) mass is 276 g/mol. The van der Waals surface area contributed by atoms with Crippen LogP contribution in [0.25, 0.3) is 0 Å². The summed E-state index contributed by atoms with van der Waals surface area (Å²) >= 11 is 0. The lowest BCUT2D eigenvalue weighted by Gasteiger charge is -2.37. The van der Waals surface area contributed by atoms with E-state index >= 15 is 0 Å². The smallest absolute Gasteiger partial charge is 0.123 e. The van der Waals surface area contributed by atoms with E-state index in [-0.39, 0.29) is 5.82 Å². The van der Waals surface area contributed by atoms with Gasteiger partial charge in [-0.3, -0.25) is 4.90 Å². The van der Waals surface area contributed by atoms with Gasteiger partial charge in [0, 0.05) is 24.7 Å². The van der Waals surface area contributed by atoms with Crippen molar-refractivity contribution in [2.24, 2.45) is 0 Å². The molecule has 2 unspecified atom stereocenters. The molecule has 2 bridgehead atoms. The molecule has 110 valence electrons. The average molecular weight is 276 g/mol. The standard InChI is InChI=1S/C17H25FN2/c1-2-8-20(12-13-4-3-5-14(18)9-13)17-10-15-6-7-16(11-17)19-15/h3-5,9,15-17,19H,2,6-8,10-12H2,1H3. The van der Waals surface area contributed by atoms with Crippen molar-refractivity contribution in [3.63, 3.8) is 0 Å². The highest BCUT2D eigenvalue weighted by Gasteiger charge is 2.35. The van der Waals surface area contributed by atoms with Gasteiger partial charge in [0.25, 0.3) is 0 Å². The van der Waals surface area contributed by atoms with Crippen LogP contribution >= 0.6 is 0 Å². The van der Waals surface area contributed by atoms with E-state index in [9.17, 15) is 4.39 Å². The minimum Gasteiger partial charge on any atom is -0.311 e. The maximum absolute atomic E-state index is 13.4. The first-order valence-corrected chi connectivity index (χ1v) is 7.99. The summed E-state index contributed by atoms with van der Waals surface area (Å²) in [7, 11) is 0. The van der Waals surface area contributed by atoms with E-state index in [0.29, 0.717) is 18.1 Å². The minimum atomic E-state index is -0.121. The maximum Gasteiger partial charge on any atom is 0.123 e. The Labute approximate surface area is 121 Å². The molecule has 1 N–H and O–H groups in total. The molecule has 3 rings (SSSR count). The predicted octanol–water partition coefficient (Wildman–Crippen LogP) is 3.32. The first-order chi connectivity index (χ1) is 9.74. The van der Waals surface area contributed by atoms with Crippen molar-refractivity contribution in [3.8, 4) is 0 Å². The summed E-state index contributed by atoms with van der Waals surface area (Å²) in [5, 5.41) is 3.70.